The summed E-state index contributed by atoms with van der Waals surface area (Å²) < 4.78 is 5.44. The van der Waals surface area contributed by atoms with Crippen molar-refractivity contribution in [3.05, 3.63) is 42.1 Å². The highest BCUT2D eigenvalue weighted by Gasteiger charge is 2.18. The Morgan fingerprint density at radius 3 is 2.78 bits per heavy atom. The Bertz CT molecular complexity index is 786. The Balaban J connectivity index is 1.62. The zero-order chi connectivity index (χ0) is 15.5. The second kappa shape index (κ2) is 6.55. The molecule has 1 saturated heterocycles. The van der Waals surface area contributed by atoms with Crippen molar-refractivity contribution in [1.29, 1.82) is 0 Å². The number of fused-ring (bicyclic) bond motifs is 1. The molecule has 1 aromatic carbocycles. The number of ether oxygens (including phenoxy) is 1. The van der Waals surface area contributed by atoms with Crippen LogP contribution in [0.25, 0.3) is 11.0 Å². The molecule has 0 aliphatic carbocycles. The van der Waals surface area contributed by atoms with Crippen molar-refractivity contribution >= 4 is 28.6 Å². The number of hydrogen-bond donors (Lipinski definition) is 1. The first-order chi connectivity index (χ1) is 11.4. The van der Waals surface area contributed by atoms with E-state index in [0.29, 0.717) is 0 Å². The Kier molecular flexibility index (Phi) is 4.12. The largest absolute Gasteiger partial charge is 0.378 e. The van der Waals surface area contributed by atoms with Crippen LogP contribution in [0.15, 0.2) is 41.7 Å². The average molecular weight is 327 g/mol. The molecule has 3 heterocycles. The van der Waals surface area contributed by atoms with E-state index in [1.807, 2.05) is 18.2 Å². The van der Waals surface area contributed by atoms with Gasteiger partial charge >= 0.3 is 0 Å². The molecular weight excluding hydrogens is 310 g/mol. The molecule has 6 nitrogen and oxygen atoms in total. The molecule has 0 bridgehead atoms. The number of benzene rings is 1. The molecule has 23 heavy (non-hydrogen) atoms. The molecule has 1 N–H and O–H groups in total. The van der Waals surface area contributed by atoms with E-state index >= 15 is 0 Å². The van der Waals surface area contributed by atoms with Crippen LogP contribution < -0.4 is 4.90 Å². The number of nitrogens with one attached hydrogen (secondary N) is 1. The van der Waals surface area contributed by atoms with Crippen molar-refractivity contribution in [3.8, 4) is 0 Å². The summed E-state index contributed by atoms with van der Waals surface area (Å²) in [5.41, 5.74) is 2.05. The lowest BCUT2D eigenvalue weighted by Crippen LogP contribution is -2.37. The fourth-order valence-electron chi connectivity index (χ4n) is 2.60. The lowest BCUT2D eigenvalue weighted by molar-refractivity contribution is 0.122. The molecule has 0 spiro atoms. The lowest BCUT2D eigenvalue weighted by Gasteiger charge is -2.28. The zero-order valence-corrected chi connectivity index (χ0v) is 13.4. The highest BCUT2D eigenvalue weighted by Crippen LogP contribution is 2.28. The monoisotopic (exact) mass is 327 g/mol. The molecule has 0 amide bonds. The zero-order valence-electron chi connectivity index (χ0n) is 12.6. The van der Waals surface area contributed by atoms with Crippen molar-refractivity contribution < 1.29 is 4.74 Å². The van der Waals surface area contributed by atoms with Gasteiger partial charge in [0.15, 0.2) is 10.8 Å². The number of nitrogens with zero attached hydrogens (tertiary/aromatic N) is 4. The minimum absolute atomic E-state index is 0.732. The Labute approximate surface area is 138 Å². The van der Waals surface area contributed by atoms with Gasteiger partial charge in [-0.05, 0) is 5.56 Å². The SMILES string of the molecule is c1ccc(CSc2nc(N3CCOCC3)c3cn[nH]c3n2)cc1. The summed E-state index contributed by atoms with van der Waals surface area (Å²) in [5, 5.41) is 8.83. The van der Waals surface area contributed by atoms with Gasteiger partial charge in [0, 0.05) is 18.8 Å². The number of rotatable bonds is 4. The van der Waals surface area contributed by atoms with E-state index in [9.17, 15) is 0 Å². The van der Waals surface area contributed by atoms with E-state index < -0.39 is 0 Å². The molecule has 7 heteroatoms. The van der Waals surface area contributed by atoms with Crippen molar-refractivity contribution in [2.45, 2.75) is 10.9 Å². The van der Waals surface area contributed by atoms with Crippen LogP contribution in [-0.2, 0) is 10.5 Å². The van der Waals surface area contributed by atoms with Gasteiger partial charge < -0.3 is 9.64 Å². The molecule has 1 aliphatic rings. The molecule has 3 aromatic rings. The number of thioether (sulfide) groups is 1. The van der Waals surface area contributed by atoms with Gasteiger partial charge in [-0.25, -0.2) is 9.97 Å². The maximum absolute atomic E-state index is 5.44. The number of aromatic nitrogens is 4. The van der Waals surface area contributed by atoms with Crippen LogP contribution in [0.5, 0.6) is 0 Å². The lowest BCUT2D eigenvalue weighted by atomic mass is 10.2. The van der Waals surface area contributed by atoms with E-state index in [1.54, 1.807) is 18.0 Å². The van der Waals surface area contributed by atoms with Crippen LogP contribution in [0, 0.1) is 0 Å². The van der Waals surface area contributed by atoms with Gasteiger partial charge in [0.2, 0.25) is 0 Å². The molecule has 0 saturated carbocycles. The van der Waals surface area contributed by atoms with Crippen LogP contribution >= 0.6 is 11.8 Å². The molecule has 4 rings (SSSR count). The smallest absolute Gasteiger partial charge is 0.191 e. The second-order valence-corrected chi connectivity index (χ2v) is 6.28. The minimum atomic E-state index is 0.732. The summed E-state index contributed by atoms with van der Waals surface area (Å²) in [6.07, 6.45) is 1.80. The number of morpholine rings is 1. The topological polar surface area (TPSA) is 66.9 Å². The maximum Gasteiger partial charge on any atom is 0.191 e. The van der Waals surface area contributed by atoms with E-state index in [-0.39, 0.29) is 0 Å². The van der Waals surface area contributed by atoms with Gasteiger partial charge in [0.05, 0.1) is 24.8 Å². The van der Waals surface area contributed by atoms with Crippen LogP contribution in [0.2, 0.25) is 0 Å². The summed E-state index contributed by atoms with van der Waals surface area (Å²) in [6, 6.07) is 10.4. The fourth-order valence-corrected chi connectivity index (χ4v) is 3.40. The van der Waals surface area contributed by atoms with E-state index in [2.05, 4.69) is 32.2 Å². The predicted octanol–water partition coefficient (Wildman–Crippen LogP) is 2.48. The van der Waals surface area contributed by atoms with Crippen molar-refractivity contribution in [1.82, 2.24) is 20.2 Å². The van der Waals surface area contributed by atoms with Crippen LogP contribution in [0.4, 0.5) is 5.82 Å². The Morgan fingerprint density at radius 1 is 1.13 bits per heavy atom. The summed E-state index contributed by atoms with van der Waals surface area (Å²) >= 11 is 1.64. The van der Waals surface area contributed by atoms with E-state index in [0.717, 1.165) is 54.1 Å². The first kappa shape index (κ1) is 14.5. The van der Waals surface area contributed by atoms with Gasteiger partial charge in [-0.2, -0.15) is 5.10 Å². The Hall–Kier alpha value is -2.12. The predicted molar refractivity (Wildman–Crippen MR) is 90.7 cm³/mol. The third-order valence-electron chi connectivity index (χ3n) is 3.79. The summed E-state index contributed by atoms with van der Waals surface area (Å²) in [4.78, 5) is 11.6. The molecule has 0 atom stereocenters. The third-order valence-corrected chi connectivity index (χ3v) is 4.71. The van der Waals surface area contributed by atoms with Gasteiger partial charge in [-0.1, -0.05) is 42.1 Å². The number of aromatic amines is 1. The standard InChI is InChI=1S/C16H17N5OS/c1-2-4-12(5-3-1)11-23-16-18-14-13(10-17-20-14)15(19-16)21-6-8-22-9-7-21/h1-5,10H,6-9,11H2,(H,17,18,19,20). The van der Waals surface area contributed by atoms with Gasteiger partial charge in [0.25, 0.3) is 0 Å². The van der Waals surface area contributed by atoms with Crippen LogP contribution in [0.3, 0.4) is 0 Å². The molecular formula is C16H17N5OS. The van der Waals surface area contributed by atoms with Crippen molar-refractivity contribution in [2.24, 2.45) is 0 Å². The summed E-state index contributed by atoms with van der Waals surface area (Å²) in [6.45, 7) is 3.16. The van der Waals surface area contributed by atoms with Crippen LogP contribution in [0.1, 0.15) is 5.56 Å². The first-order valence-electron chi connectivity index (χ1n) is 7.61. The quantitative estimate of drug-likeness (QED) is 0.586. The molecule has 0 radical (unpaired) electrons. The van der Waals surface area contributed by atoms with Gasteiger partial charge in [0.1, 0.15) is 5.82 Å². The average Bonchev–Trinajstić information content (AvgIpc) is 3.09. The van der Waals surface area contributed by atoms with Crippen LogP contribution in [-0.4, -0.2) is 46.5 Å². The molecule has 118 valence electrons. The third kappa shape index (κ3) is 3.16. The molecule has 2 aromatic heterocycles. The second-order valence-electron chi connectivity index (χ2n) is 5.34. The fraction of sp³-hybridized carbons (Fsp3) is 0.312. The highest BCUT2D eigenvalue weighted by molar-refractivity contribution is 7.98. The van der Waals surface area contributed by atoms with Gasteiger partial charge in [-0.15, -0.1) is 0 Å². The van der Waals surface area contributed by atoms with Crippen molar-refractivity contribution in [3.63, 3.8) is 0 Å². The summed E-state index contributed by atoms with van der Waals surface area (Å²) in [5.74, 6) is 1.80. The summed E-state index contributed by atoms with van der Waals surface area (Å²) in [7, 11) is 0. The van der Waals surface area contributed by atoms with Gasteiger partial charge in [-0.3, -0.25) is 5.10 Å². The first-order valence-corrected chi connectivity index (χ1v) is 8.59. The molecule has 0 unspecified atom stereocenters. The highest BCUT2D eigenvalue weighted by atomic mass is 32.2. The maximum atomic E-state index is 5.44. The van der Waals surface area contributed by atoms with E-state index in [4.69, 9.17) is 9.72 Å². The minimum Gasteiger partial charge on any atom is -0.378 e. The molecule has 1 aliphatic heterocycles. The Morgan fingerprint density at radius 2 is 1.96 bits per heavy atom. The van der Waals surface area contributed by atoms with Crippen molar-refractivity contribution in [2.75, 3.05) is 31.2 Å². The molecule has 1 fully saturated rings. The number of H-pyrrole nitrogens is 1. The van der Waals surface area contributed by atoms with E-state index in [1.165, 1.54) is 5.56 Å². The number of hydrogen-bond acceptors (Lipinski definition) is 6. The number of anilines is 1. The normalized spacial score (nSPS) is 15.2.